The van der Waals surface area contributed by atoms with Crippen LogP contribution in [0.1, 0.15) is 25.0 Å². The lowest BCUT2D eigenvalue weighted by Crippen LogP contribution is -2.64. The lowest BCUT2D eigenvalue weighted by molar-refractivity contribution is 0.533. The van der Waals surface area contributed by atoms with Gasteiger partial charge in [0.1, 0.15) is 17.3 Å². The minimum Gasteiger partial charge on any atom is -0.0834 e. The van der Waals surface area contributed by atoms with E-state index in [2.05, 4.69) is 197 Å². The molecule has 0 spiro atoms. The molecule has 0 nitrogen and oxygen atoms in total. The monoisotopic (exact) mass is 1050 g/mol. The van der Waals surface area contributed by atoms with Gasteiger partial charge in [0.05, 0.1) is 0 Å². The Morgan fingerprint density at radius 1 is 0.433 bits per heavy atom. The highest BCUT2D eigenvalue weighted by Gasteiger charge is 2.72. The van der Waals surface area contributed by atoms with Gasteiger partial charge in [-0.1, -0.05) is 220 Å². The van der Waals surface area contributed by atoms with Gasteiger partial charge < -0.3 is 0 Å². The highest BCUT2D eigenvalue weighted by molar-refractivity contribution is 9.34. The zero-order chi connectivity index (χ0) is 23.2. The van der Waals surface area contributed by atoms with Gasteiger partial charge >= 0.3 is 0 Å². The maximum absolute atomic E-state index is 4.13. The van der Waals surface area contributed by atoms with Crippen molar-refractivity contribution in [2.75, 3.05) is 0 Å². The minimum absolute atomic E-state index is 0.371. The van der Waals surface area contributed by atoms with Crippen LogP contribution in [0, 0.1) is 0 Å². The number of benzene rings is 2. The van der Waals surface area contributed by atoms with Crippen LogP contribution in [0.15, 0.2) is 60.7 Å². The molecule has 0 heterocycles. The van der Waals surface area contributed by atoms with Gasteiger partial charge in [-0.25, -0.2) is 0 Å². The van der Waals surface area contributed by atoms with Crippen molar-refractivity contribution in [1.82, 2.24) is 0 Å². The summed E-state index contributed by atoms with van der Waals surface area (Å²) in [6.07, 6.45) is 0. The van der Waals surface area contributed by atoms with Gasteiger partial charge in [0.2, 0.25) is 0 Å². The van der Waals surface area contributed by atoms with Gasteiger partial charge in [0, 0.05) is 4.32 Å². The number of halogens is 10. The lowest BCUT2D eigenvalue weighted by Gasteiger charge is -2.56. The predicted molar refractivity (Wildman–Crippen MR) is 168 cm³/mol. The van der Waals surface area contributed by atoms with Crippen LogP contribution in [0.25, 0.3) is 0 Å². The van der Waals surface area contributed by atoms with Crippen LogP contribution >= 0.6 is 159 Å². The fourth-order valence-corrected chi connectivity index (χ4v) is 12.0. The molecular weight excluding hydrogens is 1040 g/mol. The molecule has 0 atom stereocenters. The molecule has 0 unspecified atom stereocenters. The normalized spacial score (nSPS) is 14.7. The maximum Gasteiger partial charge on any atom is 0.135 e. The van der Waals surface area contributed by atoms with Crippen molar-refractivity contribution in [2.24, 2.45) is 0 Å². The van der Waals surface area contributed by atoms with Crippen molar-refractivity contribution >= 4 is 159 Å². The molecule has 0 aliphatic heterocycles. The van der Waals surface area contributed by atoms with Gasteiger partial charge in [-0.15, -0.1) is 0 Å². The molecule has 0 aliphatic rings. The SMILES string of the molecule is CC(C)(Br)C(Br)(Br)C(Br)(Br)C(Br)(Br)C(Br)(Br)C(Br)(c1ccccc1)c1ccccc1. The summed E-state index contributed by atoms with van der Waals surface area (Å²) in [6, 6.07) is 20.6. The van der Waals surface area contributed by atoms with Crippen LogP contribution in [0.4, 0.5) is 0 Å². The summed E-state index contributed by atoms with van der Waals surface area (Å²) < 4.78 is -4.23. The van der Waals surface area contributed by atoms with Crippen molar-refractivity contribution in [3.63, 3.8) is 0 Å². The molecule has 2 aromatic rings. The van der Waals surface area contributed by atoms with Gasteiger partial charge in [-0.3, -0.25) is 0 Å². The second-order valence-corrected chi connectivity index (χ2v) is 24.1. The lowest BCUT2D eigenvalue weighted by atomic mass is 9.85. The molecule has 0 radical (unpaired) electrons. The van der Waals surface area contributed by atoms with Crippen molar-refractivity contribution in [3.05, 3.63) is 71.8 Å². The van der Waals surface area contributed by atoms with Crippen LogP contribution in [0.2, 0.25) is 0 Å². The molecule has 10 heteroatoms. The highest BCUT2D eigenvalue weighted by atomic mass is 79.9. The first-order chi connectivity index (χ1) is 13.5. The van der Waals surface area contributed by atoms with Gasteiger partial charge in [0.15, 0.2) is 0 Å². The number of hydrogen-bond acceptors (Lipinski definition) is 0. The maximum atomic E-state index is 4.13. The topological polar surface area (TPSA) is 0 Å². The van der Waals surface area contributed by atoms with Crippen molar-refractivity contribution in [1.29, 1.82) is 0 Å². The van der Waals surface area contributed by atoms with Crippen molar-refractivity contribution < 1.29 is 0 Å². The molecule has 2 rings (SSSR count). The smallest absolute Gasteiger partial charge is 0.0834 e. The van der Waals surface area contributed by atoms with E-state index in [0.717, 1.165) is 11.1 Å². The van der Waals surface area contributed by atoms with Crippen LogP contribution < -0.4 is 0 Å². The number of hydrogen-bond donors (Lipinski definition) is 0. The van der Waals surface area contributed by atoms with E-state index in [-0.39, 0.29) is 4.32 Å². The Hall–Kier alpha value is 3.24. The molecule has 0 amide bonds. The molecular formula is C20H16Br10. The van der Waals surface area contributed by atoms with E-state index >= 15 is 0 Å². The van der Waals surface area contributed by atoms with E-state index in [1.165, 1.54) is 0 Å². The van der Waals surface area contributed by atoms with Crippen LogP contribution in [-0.2, 0) is 4.32 Å². The summed E-state index contributed by atoms with van der Waals surface area (Å²) in [7, 11) is 0. The standard InChI is InChI=1S/C20H16Br10/c1-15(2,21)17(23,24)19(27,28)20(29,30)18(25,26)16(22,13-9-5-3-6-10-13)14-11-7-4-8-12-14/h3-12H,1-2H3. The Bertz CT molecular complexity index is 815. The first kappa shape index (κ1) is 29.5. The highest BCUT2D eigenvalue weighted by Crippen LogP contribution is 2.74. The van der Waals surface area contributed by atoms with E-state index < -0.39 is 17.3 Å². The fraction of sp³-hybridized carbons (Fsp3) is 0.400. The third-order valence-corrected chi connectivity index (χ3v) is 25.6. The average molecular weight is 1060 g/mol. The van der Waals surface area contributed by atoms with Crippen LogP contribution in [0.3, 0.4) is 0 Å². The first-order valence-corrected chi connectivity index (χ1v) is 16.4. The zero-order valence-corrected chi connectivity index (χ0v) is 31.4. The van der Waals surface area contributed by atoms with Gasteiger partial charge in [-0.2, -0.15) is 0 Å². The Kier molecular flexibility index (Phi) is 10.1. The molecule has 2 aromatic carbocycles. The second-order valence-electron chi connectivity index (χ2n) is 7.16. The van der Waals surface area contributed by atoms with E-state index in [1.54, 1.807) is 0 Å². The molecule has 0 saturated carbocycles. The molecule has 0 aromatic heterocycles. The average Bonchev–Trinajstić information content (AvgIpc) is 2.67. The summed E-state index contributed by atoms with van der Waals surface area (Å²) in [5, 5.41) is 0. The molecule has 0 saturated heterocycles. The minimum atomic E-state index is -0.854. The van der Waals surface area contributed by atoms with Crippen LogP contribution in [-0.4, -0.2) is 17.3 Å². The molecule has 0 aliphatic carbocycles. The number of rotatable bonds is 7. The van der Waals surface area contributed by atoms with E-state index in [4.69, 9.17) is 0 Å². The summed E-state index contributed by atoms with van der Waals surface area (Å²) in [6.45, 7) is 4.15. The summed E-state index contributed by atoms with van der Waals surface area (Å²) in [5.74, 6) is 0. The quantitative estimate of drug-likeness (QED) is 0.243. The Labute approximate surface area is 262 Å². The third kappa shape index (κ3) is 4.91. The Morgan fingerprint density at radius 3 is 1.03 bits per heavy atom. The van der Waals surface area contributed by atoms with Crippen LogP contribution in [0.5, 0.6) is 0 Å². The predicted octanol–water partition coefficient (Wildman–Crippen LogP) is 11.4. The summed E-state index contributed by atoms with van der Waals surface area (Å²) in [4.78, 5) is 0. The second kappa shape index (κ2) is 10.3. The first-order valence-electron chi connectivity index (χ1n) is 8.46. The van der Waals surface area contributed by atoms with E-state index in [0.29, 0.717) is 0 Å². The largest absolute Gasteiger partial charge is 0.135 e. The fourth-order valence-electron chi connectivity index (χ4n) is 2.85. The molecule has 166 valence electrons. The third-order valence-electron chi connectivity index (χ3n) is 4.71. The number of alkyl halides is 10. The Morgan fingerprint density at radius 2 is 0.733 bits per heavy atom. The zero-order valence-electron chi connectivity index (χ0n) is 15.6. The molecule has 0 fully saturated rings. The van der Waals surface area contributed by atoms with Crippen molar-refractivity contribution in [3.8, 4) is 0 Å². The molecule has 0 bridgehead atoms. The van der Waals surface area contributed by atoms with Gasteiger partial charge in [0.25, 0.3) is 0 Å². The van der Waals surface area contributed by atoms with Gasteiger partial charge in [-0.05, 0) is 25.0 Å². The molecule has 0 N–H and O–H groups in total. The van der Waals surface area contributed by atoms with Crippen molar-refractivity contribution in [2.45, 2.75) is 35.4 Å². The summed E-state index contributed by atoms with van der Waals surface area (Å²) >= 11 is 39.7. The molecule has 30 heavy (non-hydrogen) atoms. The summed E-state index contributed by atoms with van der Waals surface area (Å²) in [5.41, 5.74) is 2.13. The van der Waals surface area contributed by atoms with E-state index in [9.17, 15) is 0 Å². The van der Waals surface area contributed by atoms with E-state index in [1.807, 2.05) is 36.4 Å². The Balaban J connectivity index is 2.81.